The molecule has 0 atom stereocenters. The van der Waals surface area contributed by atoms with Crippen LogP contribution in [0.15, 0.2) is 30.3 Å². The molecule has 4 N–H and O–H groups in total. The monoisotopic (exact) mass is 252 g/mol. The van der Waals surface area contributed by atoms with E-state index in [1.165, 1.54) is 18.2 Å². The Labute approximate surface area is 101 Å². The SMILES string of the molecule is Nc1cc(N)nc(-c2ccc(OC(F)F)cc2)n1. The normalized spacial score (nSPS) is 10.6. The smallest absolute Gasteiger partial charge is 0.387 e. The van der Waals surface area contributed by atoms with Gasteiger partial charge in [-0.05, 0) is 24.3 Å². The number of aromatic nitrogens is 2. The number of benzene rings is 1. The lowest BCUT2D eigenvalue weighted by Crippen LogP contribution is -2.02. The molecule has 2 aromatic rings. The van der Waals surface area contributed by atoms with Crippen LogP contribution in [-0.4, -0.2) is 16.6 Å². The van der Waals surface area contributed by atoms with Gasteiger partial charge in [-0.1, -0.05) is 0 Å². The van der Waals surface area contributed by atoms with Gasteiger partial charge in [0.15, 0.2) is 5.82 Å². The Balaban J connectivity index is 2.28. The number of nitrogen functional groups attached to an aromatic ring is 2. The zero-order valence-electron chi connectivity index (χ0n) is 9.18. The Hall–Kier alpha value is -2.44. The van der Waals surface area contributed by atoms with Gasteiger partial charge in [0.05, 0.1) is 0 Å². The second kappa shape index (κ2) is 4.82. The van der Waals surface area contributed by atoms with Crippen LogP contribution < -0.4 is 16.2 Å². The standard InChI is InChI=1S/C11H10F2N4O/c12-11(13)18-7-3-1-6(2-4-7)10-16-8(14)5-9(15)17-10/h1-5,11H,(H4,14,15,16,17). The van der Waals surface area contributed by atoms with Crippen molar-refractivity contribution in [1.82, 2.24) is 9.97 Å². The van der Waals surface area contributed by atoms with E-state index in [1.54, 1.807) is 12.1 Å². The Morgan fingerprint density at radius 1 is 1.00 bits per heavy atom. The highest BCUT2D eigenvalue weighted by Gasteiger charge is 2.06. The highest BCUT2D eigenvalue weighted by Crippen LogP contribution is 2.22. The van der Waals surface area contributed by atoms with Crippen LogP contribution in [0.3, 0.4) is 0 Å². The number of anilines is 2. The number of alkyl halides is 2. The van der Waals surface area contributed by atoms with Crippen molar-refractivity contribution in [2.75, 3.05) is 11.5 Å². The lowest BCUT2D eigenvalue weighted by Gasteiger charge is -2.06. The van der Waals surface area contributed by atoms with Crippen molar-refractivity contribution in [3.8, 4) is 17.1 Å². The number of hydrogen-bond donors (Lipinski definition) is 2. The van der Waals surface area contributed by atoms with Crippen LogP contribution in [0.4, 0.5) is 20.4 Å². The fourth-order valence-electron chi connectivity index (χ4n) is 1.40. The van der Waals surface area contributed by atoms with Gasteiger partial charge in [0.1, 0.15) is 17.4 Å². The summed E-state index contributed by atoms with van der Waals surface area (Å²) in [5.74, 6) is 0.873. The largest absolute Gasteiger partial charge is 0.435 e. The predicted molar refractivity (Wildman–Crippen MR) is 62.9 cm³/mol. The number of hydrogen-bond acceptors (Lipinski definition) is 5. The first-order valence-electron chi connectivity index (χ1n) is 5.00. The van der Waals surface area contributed by atoms with Crippen molar-refractivity contribution < 1.29 is 13.5 Å². The fourth-order valence-corrected chi connectivity index (χ4v) is 1.40. The average molecular weight is 252 g/mol. The maximum Gasteiger partial charge on any atom is 0.387 e. The Morgan fingerprint density at radius 2 is 1.56 bits per heavy atom. The molecule has 18 heavy (non-hydrogen) atoms. The van der Waals surface area contributed by atoms with Crippen LogP contribution in [0, 0.1) is 0 Å². The molecule has 0 saturated heterocycles. The van der Waals surface area contributed by atoms with Crippen LogP contribution in [0.5, 0.6) is 5.75 Å². The molecule has 1 aromatic heterocycles. The molecule has 0 bridgehead atoms. The molecule has 2 rings (SSSR count). The first kappa shape index (κ1) is 12.0. The number of ether oxygens (including phenoxy) is 1. The molecule has 0 aliphatic heterocycles. The van der Waals surface area contributed by atoms with Crippen molar-refractivity contribution >= 4 is 11.6 Å². The lowest BCUT2D eigenvalue weighted by atomic mass is 10.2. The summed E-state index contributed by atoms with van der Waals surface area (Å²) in [6, 6.07) is 7.31. The van der Waals surface area contributed by atoms with Gasteiger partial charge in [0.2, 0.25) is 0 Å². The summed E-state index contributed by atoms with van der Waals surface area (Å²) >= 11 is 0. The quantitative estimate of drug-likeness (QED) is 0.871. The number of nitrogens with zero attached hydrogens (tertiary/aromatic N) is 2. The molecule has 1 heterocycles. The topological polar surface area (TPSA) is 87.1 Å². The molecular formula is C11H10F2N4O. The first-order valence-corrected chi connectivity index (χ1v) is 5.00. The maximum atomic E-state index is 12.0. The minimum absolute atomic E-state index is 0.0608. The molecule has 0 fully saturated rings. The minimum atomic E-state index is -2.85. The number of halogens is 2. The van der Waals surface area contributed by atoms with Crippen molar-refractivity contribution in [2.45, 2.75) is 6.61 Å². The lowest BCUT2D eigenvalue weighted by molar-refractivity contribution is -0.0498. The third kappa shape index (κ3) is 2.82. The zero-order valence-corrected chi connectivity index (χ0v) is 9.18. The second-order valence-electron chi connectivity index (χ2n) is 3.44. The van der Waals surface area contributed by atoms with Gasteiger partial charge < -0.3 is 16.2 Å². The van der Waals surface area contributed by atoms with E-state index in [2.05, 4.69) is 14.7 Å². The summed E-state index contributed by atoms with van der Waals surface area (Å²) in [4.78, 5) is 7.99. The fraction of sp³-hybridized carbons (Fsp3) is 0.0909. The molecule has 0 spiro atoms. The number of nitrogens with two attached hydrogens (primary N) is 2. The van der Waals surface area contributed by atoms with Crippen LogP contribution in [0.25, 0.3) is 11.4 Å². The molecule has 0 aliphatic carbocycles. The van der Waals surface area contributed by atoms with Gasteiger partial charge in [0.25, 0.3) is 0 Å². The van der Waals surface area contributed by atoms with Gasteiger partial charge >= 0.3 is 6.61 Å². The highest BCUT2D eigenvalue weighted by atomic mass is 19.3. The average Bonchev–Trinajstić information content (AvgIpc) is 2.27. The molecule has 0 radical (unpaired) electrons. The van der Waals surface area contributed by atoms with E-state index < -0.39 is 6.61 Å². The first-order chi connectivity index (χ1) is 8.54. The van der Waals surface area contributed by atoms with E-state index in [0.717, 1.165) is 0 Å². The van der Waals surface area contributed by atoms with E-state index in [1.807, 2.05) is 0 Å². The summed E-state index contributed by atoms with van der Waals surface area (Å²) < 4.78 is 28.2. The number of rotatable bonds is 3. The van der Waals surface area contributed by atoms with Crippen LogP contribution in [0.2, 0.25) is 0 Å². The zero-order chi connectivity index (χ0) is 13.1. The third-order valence-corrected chi connectivity index (χ3v) is 2.10. The van der Waals surface area contributed by atoms with Crippen LogP contribution in [-0.2, 0) is 0 Å². The Bertz CT molecular complexity index is 525. The van der Waals surface area contributed by atoms with Gasteiger partial charge in [0, 0.05) is 11.6 Å². The molecule has 7 heteroatoms. The van der Waals surface area contributed by atoms with E-state index in [4.69, 9.17) is 11.5 Å². The van der Waals surface area contributed by atoms with Crippen molar-refractivity contribution in [3.63, 3.8) is 0 Å². The summed E-state index contributed by atoms with van der Waals surface area (Å²) in [6.45, 7) is -2.85. The molecule has 1 aromatic carbocycles. The van der Waals surface area contributed by atoms with Crippen LogP contribution in [0.1, 0.15) is 0 Å². The summed E-state index contributed by atoms with van der Waals surface area (Å²) in [5, 5.41) is 0. The second-order valence-corrected chi connectivity index (χ2v) is 3.44. The van der Waals surface area contributed by atoms with Gasteiger partial charge in [-0.25, -0.2) is 9.97 Å². The molecule has 0 saturated carbocycles. The molecule has 94 valence electrons. The van der Waals surface area contributed by atoms with E-state index in [0.29, 0.717) is 11.4 Å². The minimum Gasteiger partial charge on any atom is -0.435 e. The molecule has 0 amide bonds. The van der Waals surface area contributed by atoms with Gasteiger partial charge in [-0.2, -0.15) is 8.78 Å². The van der Waals surface area contributed by atoms with E-state index >= 15 is 0 Å². The van der Waals surface area contributed by atoms with Gasteiger partial charge in [-0.3, -0.25) is 0 Å². The molecule has 5 nitrogen and oxygen atoms in total. The van der Waals surface area contributed by atoms with Crippen molar-refractivity contribution in [3.05, 3.63) is 30.3 Å². The molecular weight excluding hydrogens is 242 g/mol. The van der Waals surface area contributed by atoms with Crippen molar-refractivity contribution in [1.29, 1.82) is 0 Å². The maximum absolute atomic E-state index is 12.0. The van der Waals surface area contributed by atoms with E-state index in [9.17, 15) is 8.78 Å². The predicted octanol–water partition coefficient (Wildman–Crippen LogP) is 1.91. The third-order valence-electron chi connectivity index (χ3n) is 2.10. The Kier molecular flexibility index (Phi) is 3.22. The van der Waals surface area contributed by atoms with Crippen LogP contribution >= 0.6 is 0 Å². The van der Waals surface area contributed by atoms with Crippen molar-refractivity contribution in [2.24, 2.45) is 0 Å². The molecule has 0 aliphatic rings. The molecule has 0 unspecified atom stereocenters. The van der Waals surface area contributed by atoms with Gasteiger partial charge in [-0.15, -0.1) is 0 Å². The van der Waals surface area contributed by atoms with E-state index in [-0.39, 0.29) is 17.4 Å². The summed E-state index contributed by atoms with van der Waals surface area (Å²) in [6.07, 6.45) is 0. The Morgan fingerprint density at radius 3 is 2.06 bits per heavy atom. The summed E-state index contributed by atoms with van der Waals surface area (Å²) in [5.41, 5.74) is 11.7. The summed E-state index contributed by atoms with van der Waals surface area (Å²) in [7, 11) is 0. The highest BCUT2D eigenvalue weighted by molar-refractivity contribution is 5.60.